The van der Waals surface area contributed by atoms with Crippen LogP contribution in [0, 0.1) is 11.6 Å². The number of hydrogen-bond donors (Lipinski definition) is 1. The molecule has 84 valence electrons. The van der Waals surface area contributed by atoms with E-state index in [0.29, 0.717) is 16.7 Å². The zero-order valence-electron chi connectivity index (χ0n) is 8.93. The summed E-state index contributed by atoms with van der Waals surface area (Å²) in [7, 11) is 0. The average molecular weight is 222 g/mol. The van der Waals surface area contributed by atoms with Crippen molar-refractivity contribution in [1.29, 1.82) is 0 Å². The molecule has 1 N–H and O–H groups in total. The minimum atomic E-state index is -0.868. The van der Waals surface area contributed by atoms with Gasteiger partial charge in [0, 0.05) is 18.0 Å². The van der Waals surface area contributed by atoms with Crippen molar-refractivity contribution in [2.75, 3.05) is 11.9 Å². The highest BCUT2D eigenvalue weighted by Crippen LogP contribution is 2.18. The van der Waals surface area contributed by atoms with Gasteiger partial charge in [0.1, 0.15) is 5.82 Å². The van der Waals surface area contributed by atoms with Crippen molar-refractivity contribution in [2.45, 2.75) is 13.3 Å². The lowest BCUT2D eigenvalue weighted by molar-refractivity contribution is 0.510. The number of halogens is 2. The number of anilines is 1. The lowest BCUT2D eigenvalue weighted by atomic mass is 10.2. The van der Waals surface area contributed by atoms with Crippen LogP contribution in [0.2, 0.25) is 0 Å². The van der Waals surface area contributed by atoms with Crippen molar-refractivity contribution >= 4 is 16.7 Å². The van der Waals surface area contributed by atoms with Gasteiger partial charge in [-0.1, -0.05) is 6.92 Å². The van der Waals surface area contributed by atoms with Gasteiger partial charge in [-0.05, 0) is 24.6 Å². The van der Waals surface area contributed by atoms with Gasteiger partial charge in [0.25, 0.3) is 0 Å². The first-order valence-corrected chi connectivity index (χ1v) is 5.20. The molecule has 0 aliphatic rings. The number of rotatable bonds is 3. The molecule has 1 aromatic carbocycles. The minimum Gasteiger partial charge on any atom is -0.370 e. The summed E-state index contributed by atoms with van der Waals surface area (Å²) in [5.74, 6) is -1.03. The standard InChI is InChI=1S/C12H12F2N2/c1-2-5-15-12-4-3-8-6-9(13)10(14)7-11(8)16-12/h3-4,6-7H,2,5H2,1H3,(H,15,16). The molecule has 1 aromatic heterocycles. The summed E-state index contributed by atoms with van der Waals surface area (Å²) < 4.78 is 25.9. The number of pyridine rings is 1. The van der Waals surface area contributed by atoms with Gasteiger partial charge in [-0.25, -0.2) is 13.8 Å². The van der Waals surface area contributed by atoms with E-state index in [1.807, 2.05) is 6.92 Å². The molecule has 0 aliphatic heterocycles. The molecule has 0 aliphatic carbocycles. The van der Waals surface area contributed by atoms with Gasteiger partial charge < -0.3 is 5.32 Å². The number of nitrogens with one attached hydrogen (secondary N) is 1. The molecule has 0 spiro atoms. The normalized spacial score (nSPS) is 10.7. The Bertz CT molecular complexity index is 512. The van der Waals surface area contributed by atoms with E-state index in [-0.39, 0.29) is 0 Å². The van der Waals surface area contributed by atoms with Crippen LogP contribution in [0.25, 0.3) is 10.9 Å². The van der Waals surface area contributed by atoms with E-state index in [9.17, 15) is 8.78 Å². The second-order valence-electron chi connectivity index (χ2n) is 3.58. The maximum absolute atomic E-state index is 13.0. The van der Waals surface area contributed by atoms with Gasteiger partial charge in [0.15, 0.2) is 11.6 Å². The Morgan fingerprint density at radius 3 is 2.69 bits per heavy atom. The number of benzene rings is 1. The molecule has 2 rings (SSSR count). The number of hydrogen-bond acceptors (Lipinski definition) is 2. The first-order chi connectivity index (χ1) is 7.70. The fourth-order valence-corrected chi connectivity index (χ4v) is 1.47. The number of aromatic nitrogens is 1. The van der Waals surface area contributed by atoms with E-state index in [4.69, 9.17) is 0 Å². The zero-order chi connectivity index (χ0) is 11.5. The molecule has 0 atom stereocenters. The van der Waals surface area contributed by atoms with Crippen LogP contribution in [-0.2, 0) is 0 Å². The lowest BCUT2D eigenvalue weighted by Crippen LogP contribution is -2.01. The van der Waals surface area contributed by atoms with Crippen LogP contribution in [0.4, 0.5) is 14.6 Å². The van der Waals surface area contributed by atoms with Gasteiger partial charge in [-0.3, -0.25) is 0 Å². The fourth-order valence-electron chi connectivity index (χ4n) is 1.47. The van der Waals surface area contributed by atoms with Crippen molar-refractivity contribution in [3.05, 3.63) is 35.9 Å². The summed E-state index contributed by atoms with van der Waals surface area (Å²) in [5.41, 5.74) is 0.458. The van der Waals surface area contributed by atoms with Crippen LogP contribution >= 0.6 is 0 Å². The molecule has 2 nitrogen and oxygen atoms in total. The predicted molar refractivity (Wildman–Crippen MR) is 60.4 cm³/mol. The minimum absolute atomic E-state index is 0.458. The average Bonchev–Trinajstić information content (AvgIpc) is 2.28. The van der Waals surface area contributed by atoms with Crippen LogP contribution < -0.4 is 5.32 Å². The number of nitrogens with zero attached hydrogens (tertiary/aromatic N) is 1. The molecule has 0 amide bonds. The summed E-state index contributed by atoms with van der Waals surface area (Å²) in [6, 6.07) is 5.75. The molecule has 2 aromatic rings. The van der Waals surface area contributed by atoms with Crippen molar-refractivity contribution in [3.8, 4) is 0 Å². The third kappa shape index (κ3) is 2.10. The summed E-state index contributed by atoms with van der Waals surface area (Å²) in [6.45, 7) is 2.85. The van der Waals surface area contributed by atoms with Gasteiger partial charge in [0.05, 0.1) is 5.52 Å². The van der Waals surface area contributed by atoms with Crippen LogP contribution in [0.1, 0.15) is 13.3 Å². The Morgan fingerprint density at radius 2 is 1.94 bits per heavy atom. The van der Waals surface area contributed by atoms with E-state index in [2.05, 4.69) is 10.3 Å². The summed E-state index contributed by atoms with van der Waals surface area (Å²) in [5, 5.41) is 3.69. The van der Waals surface area contributed by atoms with Gasteiger partial charge in [-0.2, -0.15) is 0 Å². The third-order valence-electron chi connectivity index (χ3n) is 2.29. The first-order valence-electron chi connectivity index (χ1n) is 5.20. The quantitative estimate of drug-likeness (QED) is 0.861. The van der Waals surface area contributed by atoms with E-state index < -0.39 is 11.6 Å². The first kappa shape index (κ1) is 10.8. The highest BCUT2D eigenvalue weighted by atomic mass is 19.2. The molecule has 0 radical (unpaired) electrons. The van der Waals surface area contributed by atoms with Gasteiger partial charge in [0.2, 0.25) is 0 Å². The summed E-state index contributed by atoms with van der Waals surface area (Å²) in [6.07, 6.45) is 0.984. The van der Waals surface area contributed by atoms with Crippen LogP contribution in [0.3, 0.4) is 0 Å². The Kier molecular flexibility index (Phi) is 2.99. The van der Waals surface area contributed by atoms with E-state index in [1.54, 1.807) is 12.1 Å². The van der Waals surface area contributed by atoms with E-state index >= 15 is 0 Å². The Morgan fingerprint density at radius 1 is 1.19 bits per heavy atom. The SMILES string of the molecule is CCCNc1ccc2cc(F)c(F)cc2n1. The Hall–Kier alpha value is -1.71. The molecule has 0 fully saturated rings. The van der Waals surface area contributed by atoms with Crippen LogP contribution in [0.15, 0.2) is 24.3 Å². The molecule has 4 heteroatoms. The van der Waals surface area contributed by atoms with Crippen molar-refractivity contribution < 1.29 is 8.78 Å². The molecule has 0 bridgehead atoms. The molecule has 0 saturated heterocycles. The lowest BCUT2D eigenvalue weighted by Gasteiger charge is -2.05. The zero-order valence-corrected chi connectivity index (χ0v) is 8.93. The van der Waals surface area contributed by atoms with E-state index in [1.165, 1.54) is 0 Å². The topological polar surface area (TPSA) is 24.9 Å². The Labute approximate surface area is 92.3 Å². The van der Waals surface area contributed by atoms with Gasteiger partial charge in [-0.15, -0.1) is 0 Å². The monoisotopic (exact) mass is 222 g/mol. The van der Waals surface area contributed by atoms with E-state index in [0.717, 1.165) is 25.1 Å². The number of fused-ring (bicyclic) bond motifs is 1. The smallest absolute Gasteiger partial charge is 0.161 e. The maximum atomic E-state index is 13.0. The molecular weight excluding hydrogens is 210 g/mol. The van der Waals surface area contributed by atoms with Crippen LogP contribution in [-0.4, -0.2) is 11.5 Å². The largest absolute Gasteiger partial charge is 0.370 e. The Balaban J connectivity index is 2.41. The second kappa shape index (κ2) is 4.43. The molecule has 0 saturated carbocycles. The van der Waals surface area contributed by atoms with Gasteiger partial charge >= 0.3 is 0 Å². The van der Waals surface area contributed by atoms with Crippen LogP contribution in [0.5, 0.6) is 0 Å². The summed E-state index contributed by atoms with van der Waals surface area (Å²) >= 11 is 0. The van der Waals surface area contributed by atoms with Crippen molar-refractivity contribution in [3.63, 3.8) is 0 Å². The molecular formula is C12H12F2N2. The predicted octanol–water partition coefficient (Wildman–Crippen LogP) is 3.33. The van der Waals surface area contributed by atoms with Crippen molar-refractivity contribution in [1.82, 2.24) is 4.98 Å². The maximum Gasteiger partial charge on any atom is 0.161 e. The highest BCUT2D eigenvalue weighted by Gasteiger charge is 2.05. The second-order valence-corrected chi connectivity index (χ2v) is 3.58. The molecule has 16 heavy (non-hydrogen) atoms. The molecule has 0 unspecified atom stereocenters. The molecule has 1 heterocycles. The fraction of sp³-hybridized carbons (Fsp3) is 0.250. The summed E-state index contributed by atoms with van der Waals surface area (Å²) in [4.78, 5) is 4.20. The highest BCUT2D eigenvalue weighted by molar-refractivity contribution is 5.80. The van der Waals surface area contributed by atoms with Crippen molar-refractivity contribution in [2.24, 2.45) is 0 Å². The third-order valence-corrected chi connectivity index (χ3v) is 2.29.